The molecule has 2 aromatic rings. The van der Waals surface area contributed by atoms with E-state index in [1.54, 1.807) is 18.0 Å². The highest BCUT2D eigenvalue weighted by Gasteiger charge is 2.16. The van der Waals surface area contributed by atoms with Crippen molar-refractivity contribution >= 4 is 23.3 Å². The average Bonchev–Trinajstić information content (AvgIpc) is 2.96. The predicted molar refractivity (Wildman–Crippen MR) is 65.6 cm³/mol. The maximum atomic E-state index is 5.73. The highest BCUT2D eigenvalue weighted by molar-refractivity contribution is 8.01. The number of aromatic nitrogens is 2. The lowest BCUT2D eigenvalue weighted by Gasteiger charge is -2.08. The third-order valence-corrected chi connectivity index (χ3v) is 4.15. The average molecular weight is 255 g/mol. The Morgan fingerprint density at radius 2 is 2.50 bits per heavy atom. The van der Waals surface area contributed by atoms with Gasteiger partial charge >= 0.3 is 0 Å². The molecule has 0 fully saturated rings. The Bertz CT molecular complexity index is 427. The summed E-state index contributed by atoms with van der Waals surface area (Å²) in [7, 11) is 0. The van der Waals surface area contributed by atoms with E-state index in [-0.39, 0.29) is 5.25 Å². The molecule has 1 unspecified atom stereocenters. The third-order valence-electron chi connectivity index (χ3n) is 2.08. The van der Waals surface area contributed by atoms with Gasteiger partial charge in [-0.15, -0.1) is 0 Å². The largest absolute Gasteiger partial charge is 0.468 e. The van der Waals surface area contributed by atoms with E-state index >= 15 is 0 Å². The summed E-state index contributed by atoms with van der Waals surface area (Å²) in [4.78, 5) is 4.40. The summed E-state index contributed by atoms with van der Waals surface area (Å²) in [6.07, 6.45) is 2.53. The summed E-state index contributed by atoms with van der Waals surface area (Å²) in [5, 5.41) is 0.118. The van der Waals surface area contributed by atoms with E-state index < -0.39 is 0 Å². The molecule has 0 aliphatic heterocycles. The second kappa shape index (κ2) is 5.47. The first kappa shape index (κ1) is 11.6. The molecule has 0 bridgehead atoms. The van der Waals surface area contributed by atoms with E-state index in [0.29, 0.717) is 6.54 Å². The molecule has 2 N–H and O–H groups in total. The van der Waals surface area contributed by atoms with Crippen LogP contribution in [0.5, 0.6) is 0 Å². The number of furan rings is 1. The van der Waals surface area contributed by atoms with Gasteiger partial charge in [0.25, 0.3) is 0 Å². The first-order valence-electron chi connectivity index (χ1n) is 5.06. The number of thioether (sulfide) groups is 1. The van der Waals surface area contributed by atoms with Crippen molar-refractivity contribution in [2.24, 2.45) is 5.73 Å². The Balaban J connectivity index is 2.07. The number of nitrogens with two attached hydrogens (primary N) is 1. The van der Waals surface area contributed by atoms with Crippen LogP contribution in [0.2, 0.25) is 0 Å². The minimum atomic E-state index is 0.118. The van der Waals surface area contributed by atoms with Gasteiger partial charge in [0.15, 0.2) is 4.34 Å². The number of hydrogen-bond donors (Lipinski definition) is 1. The van der Waals surface area contributed by atoms with Crippen LogP contribution < -0.4 is 5.73 Å². The molecule has 0 aromatic carbocycles. The fraction of sp³-hybridized carbons (Fsp3) is 0.400. The van der Waals surface area contributed by atoms with Crippen molar-refractivity contribution < 1.29 is 4.42 Å². The molecule has 0 radical (unpaired) electrons. The second-order valence-corrected chi connectivity index (χ2v) is 5.39. The van der Waals surface area contributed by atoms with Gasteiger partial charge in [0.05, 0.1) is 11.5 Å². The molecule has 16 heavy (non-hydrogen) atoms. The molecular formula is C10H13N3OS2. The minimum absolute atomic E-state index is 0.118. The monoisotopic (exact) mass is 255 g/mol. The van der Waals surface area contributed by atoms with Crippen molar-refractivity contribution in [3.05, 3.63) is 30.0 Å². The van der Waals surface area contributed by atoms with E-state index in [0.717, 1.165) is 22.3 Å². The molecule has 0 saturated carbocycles. The molecule has 1 atom stereocenters. The van der Waals surface area contributed by atoms with Gasteiger partial charge in [0.2, 0.25) is 0 Å². The molecule has 0 aliphatic carbocycles. The maximum absolute atomic E-state index is 5.73. The van der Waals surface area contributed by atoms with Gasteiger partial charge < -0.3 is 10.2 Å². The van der Waals surface area contributed by atoms with Crippen LogP contribution in [0.4, 0.5) is 0 Å². The fourth-order valence-electron chi connectivity index (χ4n) is 1.25. The van der Waals surface area contributed by atoms with Gasteiger partial charge in [0, 0.05) is 13.0 Å². The normalized spacial score (nSPS) is 12.9. The van der Waals surface area contributed by atoms with Crippen molar-refractivity contribution in [3.63, 3.8) is 0 Å². The van der Waals surface area contributed by atoms with Crippen molar-refractivity contribution in [1.82, 2.24) is 9.36 Å². The van der Waals surface area contributed by atoms with Gasteiger partial charge in [-0.2, -0.15) is 4.37 Å². The Morgan fingerprint density at radius 1 is 1.62 bits per heavy atom. The second-order valence-electron chi connectivity index (χ2n) is 3.19. The van der Waals surface area contributed by atoms with Crippen LogP contribution in [0, 0.1) is 0 Å². The molecule has 2 heterocycles. The molecule has 4 nitrogen and oxygen atoms in total. The first-order chi connectivity index (χ1) is 7.83. The number of aryl methyl sites for hydroxylation is 1. The van der Waals surface area contributed by atoms with E-state index in [1.807, 2.05) is 19.1 Å². The van der Waals surface area contributed by atoms with E-state index in [1.165, 1.54) is 11.5 Å². The van der Waals surface area contributed by atoms with Crippen LogP contribution >= 0.6 is 23.3 Å². The molecule has 0 spiro atoms. The maximum Gasteiger partial charge on any atom is 0.170 e. The van der Waals surface area contributed by atoms with Crippen LogP contribution in [0.1, 0.15) is 23.8 Å². The lowest BCUT2D eigenvalue weighted by atomic mass is 10.3. The molecule has 2 aromatic heterocycles. The van der Waals surface area contributed by atoms with Gasteiger partial charge in [0.1, 0.15) is 11.6 Å². The Kier molecular flexibility index (Phi) is 3.98. The lowest BCUT2D eigenvalue weighted by Crippen LogP contribution is -2.08. The van der Waals surface area contributed by atoms with Crippen LogP contribution in [0.25, 0.3) is 0 Å². The van der Waals surface area contributed by atoms with Gasteiger partial charge in [-0.3, -0.25) is 0 Å². The molecule has 0 amide bonds. The minimum Gasteiger partial charge on any atom is -0.468 e. The summed E-state index contributed by atoms with van der Waals surface area (Å²) >= 11 is 3.03. The number of hydrogen-bond acceptors (Lipinski definition) is 6. The van der Waals surface area contributed by atoms with Gasteiger partial charge in [-0.1, -0.05) is 18.7 Å². The quantitative estimate of drug-likeness (QED) is 0.831. The number of nitrogens with zero attached hydrogens (tertiary/aromatic N) is 2. The number of rotatable bonds is 5. The zero-order chi connectivity index (χ0) is 11.4. The van der Waals surface area contributed by atoms with E-state index in [9.17, 15) is 0 Å². The molecule has 86 valence electrons. The summed E-state index contributed by atoms with van der Waals surface area (Å²) < 4.78 is 10.5. The third kappa shape index (κ3) is 2.63. The van der Waals surface area contributed by atoms with Crippen molar-refractivity contribution in [2.45, 2.75) is 22.9 Å². The Morgan fingerprint density at radius 3 is 3.06 bits per heavy atom. The molecular weight excluding hydrogens is 242 g/mol. The summed E-state index contributed by atoms with van der Waals surface area (Å²) in [5.74, 6) is 1.78. The van der Waals surface area contributed by atoms with Gasteiger partial charge in [-0.05, 0) is 23.7 Å². The van der Waals surface area contributed by atoms with Crippen molar-refractivity contribution in [1.29, 1.82) is 0 Å². The standard InChI is InChI=1S/C10H13N3OS2/c1-2-9-12-10(16-13-9)15-8(6-11)7-4-3-5-14-7/h3-5,8H,2,6,11H2,1H3. The molecule has 2 rings (SSSR count). The Labute approximate surface area is 102 Å². The summed E-state index contributed by atoms with van der Waals surface area (Å²) in [6, 6.07) is 3.81. The van der Waals surface area contributed by atoms with Crippen LogP contribution in [0.3, 0.4) is 0 Å². The smallest absolute Gasteiger partial charge is 0.170 e. The van der Waals surface area contributed by atoms with Crippen LogP contribution in [-0.4, -0.2) is 15.9 Å². The predicted octanol–water partition coefficient (Wildman–Crippen LogP) is 2.49. The molecule has 0 saturated heterocycles. The summed E-state index contributed by atoms with van der Waals surface area (Å²) in [5.41, 5.74) is 5.73. The lowest BCUT2D eigenvalue weighted by molar-refractivity contribution is 0.507. The SMILES string of the molecule is CCc1nsc(SC(CN)c2ccco2)n1. The van der Waals surface area contributed by atoms with E-state index in [4.69, 9.17) is 10.2 Å². The fourth-order valence-corrected chi connectivity index (χ4v) is 3.13. The summed E-state index contributed by atoms with van der Waals surface area (Å²) in [6.45, 7) is 2.57. The molecule has 6 heteroatoms. The first-order valence-corrected chi connectivity index (χ1v) is 6.71. The van der Waals surface area contributed by atoms with Crippen molar-refractivity contribution in [2.75, 3.05) is 6.54 Å². The topological polar surface area (TPSA) is 64.9 Å². The van der Waals surface area contributed by atoms with Crippen LogP contribution in [-0.2, 0) is 6.42 Å². The zero-order valence-corrected chi connectivity index (χ0v) is 10.6. The van der Waals surface area contributed by atoms with E-state index in [2.05, 4.69) is 9.36 Å². The highest BCUT2D eigenvalue weighted by Crippen LogP contribution is 2.35. The zero-order valence-electron chi connectivity index (χ0n) is 8.92. The van der Waals surface area contributed by atoms with Crippen molar-refractivity contribution in [3.8, 4) is 0 Å². The Hall–Kier alpha value is -0.850. The molecule has 0 aliphatic rings. The highest BCUT2D eigenvalue weighted by atomic mass is 32.2. The van der Waals surface area contributed by atoms with Gasteiger partial charge in [-0.25, -0.2) is 4.98 Å². The van der Waals surface area contributed by atoms with Crippen LogP contribution in [0.15, 0.2) is 27.2 Å².